The third kappa shape index (κ3) is 3.68. The Morgan fingerprint density at radius 1 is 1.26 bits per heavy atom. The van der Waals surface area contributed by atoms with Gasteiger partial charge in [-0.25, -0.2) is 8.42 Å². The minimum atomic E-state index is -3.65. The molecule has 0 radical (unpaired) electrons. The van der Waals surface area contributed by atoms with Crippen molar-refractivity contribution in [2.45, 2.75) is 11.0 Å². The Hall–Kier alpha value is -1.57. The molecule has 1 aliphatic heterocycles. The smallest absolute Gasteiger partial charge is 0.265 e. The van der Waals surface area contributed by atoms with Crippen molar-refractivity contribution in [3.05, 3.63) is 53.0 Å². The fraction of sp³-hybridized carbons (Fsp3) is 0.250. The number of anilines is 1. The van der Waals surface area contributed by atoms with Crippen LogP contribution in [0.4, 0.5) is 5.69 Å². The summed E-state index contributed by atoms with van der Waals surface area (Å²) >= 11 is 3.33. The number of benzene rings is 2. The summed E-state index contributed by atoms with van der Waals surface area (Å²) in [6, 6.07) is 13.8. The van der Waals surface area contributed by atoms with Gasteiger partial charge in [-0.1, -0.05) is 18.2 Å². The van der Waals surface area contributed by atoms with Gasteiger partial charge >= 0.3 is 0 Å². The number of para-hydroxylation sites is 1. The number of epoxide rings is 1. The van der Waals surface area contributed by atoms with Crippen LogP contribution >= 0.6 is 15.9 Å². The highest BCUT2D eigenvalue weighted by atomic mass is 79.9. The molecule has 1 aliphatic rings. The Morgan fingerprint density at radius 3 is 2.57 bits per heavy atom. The largest absolute Gasteiger partial charge is 0.491 e. The number of hydrogen-bond acceptors (Lipinski definition) is 4. The highest BCUT2D eigenvalue weighted by Gasteiger charge is 2.25. The van der Waals surface area contributed by atoms with Gasteiger partial charge < -0.3 is 9.47 Å². The normalized spacial score (nSPS) is 16.9. The number of sulfonamides is 1. The van der Waals surface area contributed by atoms with Gasteiger partial charge in [-0.2, -0.15) is 0 Å². The van der Waals surface area contributed by atoms with Crippen molar-refractivity contribution in [1.82, 2.24) is 0 Å². The zero-order chi connectivity index (χ0) is 16.4. The van der Waals surface area contributed by atoms with E-state index < -0.39 is 10.0 Å². The molecular formula is C16H16BrNO4S. The molecule has 0 aliphatic carbocycles. The SMILES string of the molecule is CN(c1ccccc1)S(=O)(=O)c1ccc(OCC2CO2)cc1Br. The van der Waals surface area contributed by atoms with Gasteiger partial charge in [0.25, 0.3) is 10.0 Å². The van der Waals surface area contributed by atoms with E-state index in [-0.39, 0.29) is 11.0 Å². The van der Waals surface area contributed by atoms with E-state index in [1.165, 1.54) is 11.4 Å². The first-order valence-corrected chi connectivity index (χ1v) is 9.30. The monoisotopic (exact) mass is 397 g/mol. The fourth-order valence-corrected chi connectivity index (χ4v) is 4.27. The number of ether oxygens (including phenoxy) is 2. The van der Waals surface area contributed by atoms with Crippen LogP contribution in [-0.4, -0.2) is 34.8 Å². The summed E-state index contributed by atoms with van der Waals surface area (Å²) in [7, 11) is -2.12. The maximum atomic E-state index is 12.8. The van der Waals surface area contributed by atoms with E-state index in [9.17, 15) is 8.42 Å². The van der Waals surface area contributed by atoms with Crippen molar-refractivity contribution in [1.29, 1.82) is 0 Å². The third-order valence-electron chi connectivity index (χ3n) is 3.50. The van der Waals surface area contributed by atoms with Gasteiger partial charge in [0.2, 0.25) is 0 Å². The molecule has 5 nitrogen and oxygen atoms in total. The van der Waals surface area contributed by atoms with E-state index in [0.717, 1.165) is 6.61 Å². The summed E-state index contributed by atoms with van der Waals surface area (Å²) in [5.41, 5.74) is 0.602. The number of nitrogens with zero attached hydrogens (tertiary/aromatic N) is 1. The maximum Gasteiger partial charge on any atom is 0.265 e. The quantitative estimate of drug-likeness (QED) is 0.702. The van der Waals surface area contributed by atoms with Gasteiger partial charge in [0.15, 0.2) is 0 Å². The average Bonchev–Trinajstić information content (AvgIpc) is 3.37. The fourth-order valence-electron chi connectivity index (χ4n) is 2.06. The Kier molecular flexibility index (Phi) is 4.61. The Bertz CT molecular complexity index is 791. The van der Waals surface area contributed by atoms with E-state index in [1.807, 2.05) is 6.07 Å². The highest BCUT2D eigenvalue weighted by molar-refractivity contribution is 9.10. The molecule has 7 heteroatoms. The molecule has 0 amide bonds. The summed E-state index contributed by atoms with van der Waals surface area (Å²) in [4.78, 5) is 0.193. The first kappa shape index (κ1) is 16.3. The summed E-state index contributed by atoms with van der Waals surface area (Å²) in [6.07, 6.45) is 0.154. The van der Waals surface area contributed by atoms with Crippen LogP contribution in [0.25, 0.3) is 0 Å². The summed E-state index contributed by atoms with van der Waals surface area (Å²) in [5, 5.41) is 0. The van der Waals surface area contributed by atoms with Crippen LogP contribution in [0.1, 0.15) is 0 Å². The molecule has 0 spiro atoms. The lowest BCUT2D eigenvalue weighted by Gasteiger charge is -2.20. The van der Waals surface area contributed by atoms with E-state index in [1.54, 1.807) is 42.5 Å². The van der Waals surface area contributed by atoms with Crippen LogP contribution in [0, 0.1) is 0 Å². The number of rotatable bonds is 6. The zero-order valence-corrected chi connectivity index (χ0v) is 14.9. The molecule has 0 N–H and O–H groups in total. The van der Waals surface area contributed by atoms with Crippen molar-refractivity contribution in [2.75, 3.05) is 24.6 Å². The van der Waals surface area contributed by atoms with Gasteiger partial charge in [-0.3, -0.25) is 4.31 Å². The van der Waals surface area contributed by atoms with Crippen LogP contribution < -0.4 is 9.04 Å². The number of halogens is 1. The van der Waals surface area contributed by atoms with E-state index in [4.69, 9.17) is 9.47 Å². The maximum absolute atomic E-state index is 12.8. The molecule has 122 valence electrons. The Morgan fingerprint density at radius 2 is 1.96 bits per heavy atom. The second kappa shape index (κ2) is 6.51. The summed E-state index contributed by atoms with van der Waals surface area (Å²) in [6.45, 7) is 1.19. The molecule has 23 heavy (non-hydrogen) atoms. The lowest BCUT2D eigenvalue weighted by atomic mass is 10.3. The van der Waals surface area contributed by atoms with E-state index >= 15 is 0 Å². The number of hydrogen-bond donors (Lipinski definition) is 0. The summed E-state index contributed by atoms with van der Waals surface area (Å²) < 4.78 is 37.9. The minimum absolute atomic E-state index is 0.154. The standard InChI is InChI=1S/C16H16BrNO4S/c1-18(12-5-3-2-4-6-12)23(19,20)16-8-7-13(9-15(16)17)21-10-14-11-22-14/h2-9,14H,10-11H2,1H3. The second-order valence-corrected chi connectivity index (χ2v) is 7.96. The Labute approximate surface area is 144 Å². The van der Waals surface area contributed by atoms with Crippen LogP contribution in [0.5, 0.6) is 5.75 Å². The van der Waals surface area contributed by atoms with Gasteiger partial charge in [0.05, 0.1) is 12.3 Å². The zero-order valence-electron chi connectivity index (χ0n) is 12.5. The molecule has 1 atom stereocenters. The van der Waals surface area contributed by atoms with Gasteiger partial charge in [-0.05, 0) is 46.3 Å². The average molecular weight is 398 g/mol. The molecule has 0 bridgehead atoms. The van der Waals surface area contributed by atoms with Crippen molar-refractivity contribution in [3.8, 4) is 5.75 Å². The van der Waals surface area contributed by atoms with Crippen LogP contribution in [0.2, 0.25) is 0 Å². The molecule has 3 rings (SSSR count). The first-order valence-electron chi connectivity index (χ1n) is 7.06. The van der Waals surface area contributed by atoms with Crippen molar-refractivity contribution < 1.29 is 17.9 Å². The molecule has 1 fully saturated rings. The highest BCUT2D eigenvalue weighted by Crippen LogP contribution is 2.30. The predicted octanol–water partition coefficient (Wildman–Crippen LogP) is 3.05. The Balaban J connectivity index is 1.84. The van der Waals surface area contributed by atoms with Crippen LogP contribution in [0.3, 0.4) is 0 Å². The molecule has 0 saturated carbocycles. The van der Waals surface area contributed by atoms with Gasteiger partial charge in [0, 0.05) is 11.5 Å². The molecular weight excluding hydrogens is 382 g/mol. The van der Waals surface area contributed by atoms with Gasteiger partial charge in [0.1, 0.15) is 23.4 Å². The first-order chi connectivity index (χ1) is 11.0. The van der Waals surface area contributed by atoms with E-state index in [0.29, 0.717) is 22.5 Å². The lowest BCUT2D eigenvalue weighted by molar-refractivity contribution is 0.263. The second-order valence-electron chi connectivity index (χ2n) is 5.17. The summed E-state index contributed by atoms with van der Waals surface area (Å²) in [5.74, 6) is 0.605. The molecule has 2 aromatic carbocycles. The third-order valence-corrected chi connectivity index (χ3v) is 6.26. The van der Waals surface area contributed by atoms with Crippen molar-refractivity contribution in [2.24, 2.45) is 0 Å². The lowest BCUT2D eigenvalue weighted by Crippen LogP contribution is -2.26. The van der Waals surface area contributed by atoms with Crippen molar-refractivity contribution >= 4 is 31.6 Å². The van der Waals surface area contributed by atoms with Gasteiger partial charge in [-0.15, -0.1) is 0 Å². The topological polar surface area (TPSA) is 59.1 Å². The minimum Gasteiger partial charge on any atom is -0.491 e. The van der Waals surface area contributed by atoms with Crippen molar-refractivity contribution in [3.63, 3.8) is 0 Å². The van der Waals surface area contributed by atoms with Crippen LogP contribution in [0.15, 0.2) is 57.9 Å². The molecule has 1 unspecified atom stereocenters. The molecule has 2 aromatic rings. The molecule has 1 saturated heterocycles. The van der Waals surface area contributed by atoms with Crippen LogP contribution in [-0.2, 0) is 14.8 Å². The molecule has 0 aromatic heterocycles. The molecule has 1 heterocycles. The van der Waals surface area contributed by atoms with E-state index in [2.05, 4.69) is 15.9 Å². The predicted molar refractivity (Wildman–Crippen MR) is 91.4 cm³/mol.